The molecule has 1 unspecified atom stereocenters. The lowest BCUT2D eigenvalue weighted by molar-refractivity contribution is 0.0124. The summed E-state index contributed by atoms with van der Waals surface area (Å²) in [6.45, 7) is 7.69. The Morgan fingerprint density at radius 3 is 2.90 bits per heavy atom. The van der Waals surface area contributed by atoms with Crippen LogP contribution in [0.1, 0.15) is 33.6 Å². The lowest BCUT2D eigenvalue weighted by atomic mass is 9.94. The molecule has 0 aliphatic carbocycles. The zero-order valence-electron chi connectivity index (χ0n) is 12.9. The van der Waals surface area contributed by atoms with E-state index in [2.05, 4.69) is 16.5 Å². The van der Waals surface area contributed by atoms with Gasteiger partial charge in [0.1, 0.15) is 11.3 Å². The fraction of sp³-hybridized carbons (Fsp3) is 0.562. The van der Waals surface area contributed by atoms with Gasteiger partial charge in [-0.15, -0.1) is 0 Å². The molecule has 1 fully saturated rings. The highest BCUT2D eigenvalue weighted by molar-refractivity contribution is 5.84. The number of hydrogen-bond acceptors (Lipinski definition) is 4. The molecule has 0 saturated carbocycles. The van der Waals surface area contributed by atoms with E-state index in [4.69, 9.17) is 15.2 Å². The average Bonchev–Trinajstić information content (AvgIpc) is 2.77. The highest BCUT2D eigenvalue weighted by Gasteiger charge is 2.33. The Morgan fingerprint density at radius 2 is 2.24 bits per heavy atom. The van der Waals surface area contributed by atoms with E-state index in [1.165, 1.54) is 0 Å². The Morgan fingerprint density at radius 1 is 1.43 bits per heavy atom. The standard InChI is InChI=1S/C16H23N3O2/c1-11(2)21-13-7-4-6-12-14(13)18-15(17)19(12)16(3)8-5-9-20-10-16/h4,6-7,11H,5,8-10H2,1-3H3,(H2,17,18). The van der Waals surface area contributed by atoms with E-state index >= 15 is 0 Å². The summed E-state index contributed by atoms with van der Waals surface area (Å²) in [7, 11) is 0. The zero-order valence-corrected chi connectivity index (χ0v) is 12.9. The molecular weight excluding hydrogens is 266 g/mol. The number of anilines is 1. The van der Waals surface area contributed by atoms with Crippen molar-refractivity contribution < 1.29 is 9.47 Å². The molecule has 2 N–H and O–H groups in total. The Bertz CT molecular complexity index is 642. The van der Waals surface area contributed by atoms with E-state index in [9.17, 15) is 0 Å². The molecule has 0 spiro atoms. The number of ether oxygens (including phenoxy) is 2. The molecule has 114 valence electrons. The van der Waals surface area contributed by atoms with Gasteiger partial charge in [-0.3, -0.25) is 0 Å². The van der Waals surface area contributed by atoms with Gasteiger partial charge in [0.05, 0.1) is 23.8 Å². The van der Waals surface area contributed by atoms with Crippen molar-refractivity contribution in [2.45, 2.75) is 45.3 Å². The number of hydrogen-bond donors (Lipinski definition) is 1. The first-order chi connectivity index (χ1) is 10.0. The Hall–Kier alpha value is -1.75. The summed E-state index contributed by atoms with van der Waals surface area (Å²) in [5.41, 5.74) is 7.91. The van der Waals surface area contributed by atoms with E-state index in [0.717, 1.165) is 36.2 Å². The number of aromatic nitrogens is 2. The second kappa shape index (κ2) is 5.22. The summed E-state index contributed by atoms with van der Waals surface area (Å²) >= 11 is 0. The number of fused-ring (bicyclic) bond motifs is 1. The smallest absolute Gasteiger partial charge is 0.201 e. The molecule has 1 aromatic carbocycles. The van der Waals surface area contributed by atoms with E-state index in [1.54, 1.807) is 0 Å². The number of nitrogen functional groups attached to an aromatic ring is 1. The maximum Gasteiger partial charge on any atom is 0.201 e. The molecule has 21 heavy (non-hydrogen) atoms. The van der Waals surface area contributed by atoms with Gasteiger partial charge in [-0.1, -0.05) is 6.07 Å². The third kappa shape index (κ3) is 2.46. The third-order valence-electron chi connectivity index (χ3n) is 3.99. The van der Waals surface area contributed by atoms with Gasteiger partial charge in [0.15, 0.2) is 0 Å². The van der Waals surface area contributed by atoms with Crippen LogP contribution in [-0.4, -0.2) is 28.9 Å². The number of para-hydroxylation sites is 1. The number of benzene rings is 1. The molecular formula is C16H23N3O2. The molecule has 0 radical (unpaired) electrons. The summed E-state index contributed by atoms with van der Waals surface area (Å²) in [5, 5.41) is 0. The maximum atomic E-state index is 6.21. The predicted octanol–water partition coefficient (Wildman–Crippen LogP) is 2.93. The van der Waals surface area contributed by atoms with Crippen LogP contribution in [0.2, 0.25) is 0 Å². The van der Waals surface area contributed by atoms with Crippen molar-refractivity contribution in [2.24, 2.45) is 0 Å². The van der Waals surface area contributed by atoms with E-state index in [0.29, 0.717) is 12.6 Å². The van der Waals surface area contributed by atoms with Crippen LogP contribution in [0.3, 0.4) is 0 Å². The van der Waals surface area contributed by atoms with Crippen molar-refractivity contribution in [2.75, 3.05) is 18.9 Å². The summed E-state index contributed by atoms with van der Waals surface area (Å²) < 4.78 is 13.6. The molecule has 1 aliphatic heterocycles. The van der Waals surface area contributed by atoms with Crippen LogP contribution in [0.15, 0.2) is 18.2 Å². The van der Waals surface area contributed by atoms with Crippen LogP contribution >= 0.6 is 0 Å². The van der Waals surface area contributed by atoms with Crippen LogP contribution in [0.5, 0.6) is 5.75 Å². The molecule has 0 bridgehead atoms. The predicted molar refractivity (Wildman–Crippen MR) is 83.6 cm³/mol. The molecule has 1 aliphatic rings. The molecule has 1 atom stereocenters. The summed E-state index contributed by atoms with van der Waals surface area (Å²) in [6, 6.07) is 5.98. The van der Waals surface area contributed by atoms with Crippen LogP contribution in [0.25, 0.3) is 11.0 Å². The molecule has 5 heteroatoms. The summed E-state index contributed by atoms with van der Waals surface area (Å²) in [6.07, 6.45) is 2.19. The lowest BCUT2D eigenvalue weighted by Gasteiger charge is -2.35. The van der Waals surface area contributed by atoms with Gasteiger partial charge < -0.3 is 19.8 Å². The monoisotopic (exact) mass is 289 g/mol. The maximum absolute atomic E-state index is 6.21. The minimum Gasteiger partial charge on any atom is -0.489 e. The average molecular weight is 289 g/mol. The first-order valence-corrected chi connectivity index (χ1v) is 7.53. The van der Waals surface area contributed by atoms with Gasteiger partial charge in [-0.05, 0) is 45.7 Å². The van der Waals surface area contributed by atoms with Gasteiger partial charge in [0, 0.05) is 6.61 Å². The van der Waals surface area contributed by atoms with Crippen LogP contribution in [0, 0.1) is 0 Å². The highest BCUT2D eigenvalue weighted by Crippen LogP contribution is 2.36. The second-order valence-corrected chi connectivity index (χ2v) is 6.25. The first-order valence-electron chi connectivity index (χ1n) is 7.53. The first kappa shape index (κ1) is 14.2. The van der Waals surface area contributed by atoms with Crippen molar-refractivity contribution in [3.05, 3.63) is 18.2 Å². The fourth-order valence-corrected chi connectivity index (χ4v) is 3.10. The van der Waals surface area contributed by atoms with Crippen LogP contribution < -0.4 is 10.5 Å². The van der Waals surface area contributed by atoms with E-state index in [-0.39, 0.29) is 11.6 Å². The van der Waals surface area contributed by atoms with Crippen molar-refractivity contribution in [3.63, 3.8) is 0 Å². The highest BCUT2D eigenvalue weighted by atomic mass is 16.5. The van der Waals surface area contributed by atoms with E-state index in [1.807, 2.05) is 32.0 Å². The molecule has 3 rings (SSSR count). The molecule has 0 amide bonds. The Balaban J connectivity index is 2.13. The van der Waals surface area contributed by atoms with Crippen molar-refractivity contribution in [1.82, 2.24) is 9.55 Å². The van der Waals surface area contributed by atoms with E-state index < -0.39 is 0 Å². The molecule has 2 aromatic rings. The number of nitrogens with two attached hydrogens (primary N) is 1. The fourth-order valence-electron chi connectivity index (χ4n) is 3.10. The van der Waals surface area contributed by atoms with Crippen molar-refractivity contribution >= 4 is 17.0 Å². The van der Waals surface area contributed by atoms with Crippen molar-refractivity contribution in [1.29, 1.82) is 0 Å². The zero-order chi connectivity index (χ0) is 15.0. The van der Waals surface area contributed by atoms with Gasteiger partial charge in [0.25, 0.3) is 0 Å². The quantitative estimate of drug-likeness (QED) is 0.943. The second-order valence-electron chi connectivity index (χ2n) is 6.25. The molecule has 1 saturated heterocycles. The Kier molecular flexibility index (Phi) is 3.53. The topological polar surface area (TPSA) is 62.3 Å². The minimum absolute atomic E-state index is 0.107. The minimum atomic E-state index is -0.145. The third-order valence-corrected chi connectivity index (χ3v) is 3.99. The summed E-state index contributed by atoms with van der Waals surface area (Å²) in [5.74, 6) is 1.31. The van der Waals surface area contributed by atoms with Gasteiger partial charge >= 0.3 is 0 Å². The normalized spacial score (nSPS) is 22.9. The molecule has 1 aromatic heterocycles. The lowest BCUT2D eigenvalue weighted by Crippen LogP contribution is -2.39. The van der Waals surface area contributed by atoms with Crippen LogP contribution in [0.4, 0.5) is 5.95 Å². The number of rotatable bonds is 3. The Labute approximate surface area is 125 Å². The van der Waals surface area contributed by atoms with Gasteiger partial charge in [-0.25, -0.2) is 4.98 Å². The molecule has 2 heterocycles. The van der Waals surface area contributed by atoms with Crippen molar-refractivity contribution in [3.8, 4) is 5.75 Å². The van der Waals surface area contributed by atoms with Gasteiger partial charge in [-0.2, -0.15) is 0 Å². The SMILES string of the molecule is CC(C)Oc1cccc2c1nc(N)n2C1(C)CCCOC1. The van der Waals surface area contributed by atoms with Crippen LogP contribution in [-0.2, 0) is 10.3 Å². The number of imidazole rings is 1. The van der Waals surface area contributed by atoms with Gasteiger partial charge in [0.2, 0.25) is 5.95 Å². The summed E-state index contributed by atoms with van der Waals surface area (Å²) in [4.78, 5) is 4.55. The number of nitrogens with zero attached hydrogens (tertiary/aromatic N) is 2. The molecule has 5 nitrogen and oxygen atoms in total. The largest absolute Gasteiger partial charge is 0.489 e.